The summed E-state index contributed by atoms with van der Waals surface area (Å²) in [5.74, 6) is 0. The molecule has 2 nitrogen and oxygen atoms in total. The predicted octanol–water partition coefficient (Wildman–Crippen LogP) is 14.9. The average Bonchev–Trinajstić information content (AvgIpc) is 3.64. The molecule has 0 radical (unpaired) electrons. The fourth-order valence-corrected chi connectivity index (χ4v) is 11.9. The van der Waals surface area contributed by atoms with E-state index < -0.39 is 0 Å². The minimum atomic E-state index is -0.0571. The summed E-state index contributed by atoms with van der Waals surface area (Å²) in [5.41, 5.74) is 21.1. The normalized spacial score (nSPS) is 15.9. The second-order valence-corrected chi connectivity index (χ2v) is 21.1. The van der Waals surface area contributed by atoms with Crippen molar-refractivity contribution in [3.63, 3.8) is 0 Å². The van der Waals surface area contributed by atoms with Gasteiger partial charge >= 0.3 is 6.85 Å². The Balaban J connectivity index is 1.25. The number of hydrogen-bond acceptors (Lipinski definition) is 3. The Bertz CT molecular complexity index is 3040. The number of rotatable bonds is 4. The van der Waals surface area contributed by atoms with Gasteiger partial charge in [-0.1, -0.05) is 158 Å². The molecule has 11 rings (SSSR count). The number of benzene rings is 7. The van der Waals surface area contributed by atoms with E-state index in [1.54, 1.807) is 0 Å². The first-order valence-electron chi connectivity index (χ1n) is 22.1. The molecule has 0 unspecified atom stereocenters. The second-order valence-electron chi connectivity index (χ2n) is 20.1. The highest BCUT2D eigenvalue weighted by atomic mass is 32.1. The van der Waals surface area contributed by atoms with Crippen molar-refractivity contribution >= 4 is 66.9 Å². The Morgan fingerprint density at radius 1 is 0.541 bits per heavy atom. The molecule has 0 N–H and O–H groups in total. The van der Waals surface area contributed by atoms with Gasteiger partial charge in [0.1, 0.15) is 0 Å². The van der Waals surface area contributed by atoms with E-state index in [1.165, 1.54) is 117 Å². The lowest BCUT2D eigenvalue weighted by molar-refractivity contribution is 0.332. The molecular formula is C57H53BN2S. The molecular weight excluding hydrogens is 756 g/mol. The summed E-state index contributed by atoms with van der Waals surface area (Å²) in [4.78, 5) is 5.37. The van der Waals surface area contributed by atoms with Gasteiger partial charge in [-0.05, 0) is 139 Å². The standard InChI is InChI=1S/C57H53BN2S/c1-36-31-45-42-26-23-39(37-17-11-9-12-18-37)33-49(42)60(41-25-27-46-47(35-41)57(7,8)30-29-56(46,5)6)58-52(45)50(32-36)59(54-53(58)43-21-15-16-22-51(43)61-54)48-28-24-40(55(2,3)4)34-44(48)38-19-13-10-14-20-38/h9-28,31-35H,29-30H2,1-8H3. The smallest absolute Gasteiger partial charge is 0.334 e. The number of anilines is 5. The van der Waals surface area contributed by atoms with E-state index >= 15 is 0 Å². The van der Waals surface area contributed by atoms with Crippen LogP contribution in [-0.4, -0.2) is 6.85 Å². The van der Waals surface area contributed by atoms with E-state index in [4.69, 9.17) is 0 Å². The maximum absolute atomic E-state index is 2.73. The van der Waals surface area contributed by atoms with Gasteiger partial charge < -0.3 is 9.71 Å². The van der Waals surface area contributed by atoms with Gasteiger partial charge in [-0.3, -0.25) is 0 Å². The van der Waals surface area contributed by atoms with Crippen LogP contribution in [0.2, 0.25) is 0 Å². The molecule has 0 fully saturated rings. The zero-order valence-corrected chi connectivity index (χ0v) is 37.5. The van der Waals surface area contributed by atoms with Crippen molar-refractivity contribution in [2.24, 2.45) is 0 Å². The summed E-state index contributed by atoms with van der Waals surface area (Å²) in [6.07, 6.45) is 2.37. The maximum atomic E-state index is 2.73. The number of hydrogen-bond donors (Lipinski definition) is 0. The van der Waals surface area contributed by atoms with Crippen LogP contribution < -0.4 is 20.6 Å². The molecule has 1 aliphatic carbocycles. The van der Waals surface area contributed by atoms with Gasteiger partial charge in [0.05, 0.1) is 10.7 Å². The summed E-state index contributed by atoms with van der Waals surface area (Å²) in [5, 5.41) is 2.62. The van der Waals surface area contributed by atoms with E-state index in [2.05, 4.69) is 217 Å². The lowest BCUT2D eigenvalue weighted by Crippen LogP contribution is -2.61. The van der Waals surface area contributed by atoms with Crippen molar-refractivity contribution < 1.29 is 0 Å². The molecule has 4 heteroatoms. The van der Waals surface area contributed by atoms with E-state index in [1.807, 2.05) is 11.3 Å². The average molecular weight is 809 g/mol. The molecule has 0 atom stereocenters. The molecule has 1 aromatic heterocycles. The number of thiophene rings is 1. The SMILES string of the molecule is Cc1cc2c3c(c1)N(c1ccc(C(C)(C)C)cc1-c1ccccc1)c1sc4ccccc4c1B3N(c1ccc3c(c1)C(C)(C)CCC3(C)C)c1cc(-c3ccccc3)ccc1-2. The van der Waals surface area contributed by atoms with Crippen molar-refractivity contribution in [1.82, 2.24) is 0 Å². The third kappa shape index (κ3) is 5.97. The Kier molecular flexibility index (Phi) is 8.49. The van der Waals surface area contributed by atoms with Crippen molar-refractivity contribution in [1.29, 1.82) is 0 Å². The van der Waals surface area contributed by atoms with Gasteiger partial charge in [0.25, 0.3) is 0 Å². The van der Waals surface area contributed by atoms with Gasteiger partial charge in [0.2, 0.25) is 0 Å². The summed E-state index contributed by atoms with van der Waals surface area (Å²) in [6.45, 7) is 19.0. The van der Waals surface area contributed by atoms with Crippen LogP contribution >= 0.6 is 11.3 Å². The monoisotopic (exact) mass is 808 g/mol. The van der Waals surface area contributed by atoms with Gasteiger partial charge in [0.15, 0.2) is 0 Å². The molecule has 61 heavy (non-hydrogen) atoms. The lowest BCUT2D eigenvalue weighted by atomic mass is 9.43. The van der Waals surface area contributed by atoms with Crippen LogP contribution in [0, 0.1) is 6.92 Å². The van der Waals surface area contributed by atoms with Crippen molar-refractivity contribution in [3.05, 3.63) is 174 Å². The quantitative estimate of drug-likeness (QED) is 0.163. The molecule has 7 aromatic carbocycles. The Labute approximate surface area is 366 Å². The largest absolute Gasteiger partial charge is 0.376 e. The van der Waals surface area contributed by atoms with Crippen LogP contribution in [0.3, 0.4) is 0 Å². The molecule has 0 amide bonds. The molecule has 300 valence electrons. The Hall–Kier alpha value is -5.84. The first-order valence-corrected chi connectivity index (χ1v) is 22.9. The van der Waals surface area contributed by atoms with Gasteiger partial charge in [-0.15, -0.1) is 11.3 Å². The summed E-state index contributed by atoms with van der Waals surface area (Å²) >= 11 is 1.93. The molecule has 0 spiro atoms. The Morgan fingerprint density at radius 3 is 1.97 bits per heavy atom. The highest BCUT2D eigenvalue weighted by Gasteiger charge is 2.48. The van der Waals surface area contributed by atoms with E-state index in [-0.39, 0.29) is 23.1 Å². The van der Waals surface area contributed by atoms with E-state index in [0.29, 0.717) is 0 Å². The van der Waals surface area contributed by atoms with Crippen LogP contribution in [-0.2, 0) is 16.2 Å². The minimum Gasteiger partial charge on any atom is -0.376 e. The van der Waals surface area contributed by atoms with Crippen molar-refractivity contribution in [2.75, 3.05) is 9.71 Å². The van der Waals surface area contributed by atoms with Crippen LogP contribution in [0.4, 0.5) is 27.8 Å². The summed E-state index contributed by atoms with van der Waals surface area (Å²) in [7, 11) is 0. The topological polar surface area (TPSA) is 6.48 Å². The zero-order chi connectivity index (χ0) is 42.0. The fraction of sp³-hybridized carbons (Fsp3) is 0.228. The first kappa shape index (κ1) is 38.1. The van der Waals surface area contributed by atoms with Crippen LogP contribution in [0.5, 0.6) is 0 Å². The van der Waals surface area contributed by atoms with Crippen molar-refractivity contribution in [3.8, 4) is 33.4 Å². The molecule has 3 aliphatic rings. The van der Waals surface area contributed by atoms with Crippen LogP contribution in [0.25, 0.3) is 43.5 Å². The van der Waals surface area contributed by atoms with E-state index in [9.17, 15) is 0 Å². The molecule has 0 saturated carbocycles. The molecule has 0 bridgehead atoms. The van der Waals surface area contributed by atoms with Crippen molar-refractivity contribution in [2.45, 2.75) is 84.5 Å². The van der Waals surface area contributed by atoms with Gasteiger partial charge in [0, 0.05) is 32.9 Å². The Morgan fingerprint density at radius 2 is 1.23 bits per heavy atom. The van der Waals surface area contributed by atoms with Gasteiger partial charge in [-0.2, -0.15) is 0 Å². The molecule has 0 saturated heterocycles. The third-order valence-electron chi connectivity index (χ3n) is 14.1. The number of fused-ring (bicyclic) bond motifs is 7. The summed E-state index contributed by atoms with van der Waals surface area (Å²) in [6, 6.07) is 57.9. The zero-order valence-electron chi connectivity index (χ0n) is 36.7. The number of aryl methyl sites for hydroxylation is 1. The predicted molar refractivity (Wildman–Crippen MR) is 265 cm³/mol. The summed E-state index contributed by atoms with van der Waals surface area (Å²) < 4.78 is 1.31. The molecule has 3 heterocycles. The molecule has 8 aromatic rings. The van der Waals surface area contributed by atoms with E-state index in [0.717, 1.165) is 0 Å². The first-order chi connectivity index (χ1) is 29.3. The second kappa shape index (κ2) is 13.6. The molecule has 2 aliphatic heterocycles. The highest BCUT2D eigenvalue weighted by Crippen LogP contribution is 2.54. The fourth-order valence-electron chi connectivity index (χ4n) is 10.7. The highest BCUT2D eigenvalue weighted by molar-refractivity contribution is 7.26. The maximum Gasteiger partial charge on any atom is 0.334 e. The third-order valence-corrected chi connectivity index (χ3v) is 15.3. The van der Waals surface area contributed by atoms with Crippen LogP contribution in [0.1, 0.15) is 83.6 Å². The number of nitrogens with zero attached hydrogens (tertiary/aromatic N) is 2. The van der Waals surface area contributed by atoms with Crippen LogP contribution in [0.15, 0.2) is 152 Å². The minimum absolute atomic E-state index is 0.00178. The van der Waals surface area contributed by atoms with Gasteiger partial charge in [-0.25, -0.2) is 0 Å². The lowest BCUT2D eigenvalue weighted by Gasteiger charge is -2.46.